The minimum Gasteiger partial charge on any atom is -0.391 e. The molecule has 0 spiro atoms. The number of rotatable bonds is 5. The molecule has 6 nitrogen and oxygen atoms in total. The molecule has 1 aromatic heterocycles. The Morgan fingerprint density at radius 3 is 3.00 bits per heavy atom. The number of carbonyl (C=O) groups excluding carboxylic acids is 1. The molecule has 0 saturated heterocycles. The Kier molecular flexibility index (Phi) is 5.42. The summed E-state index contributed by atoms with van der Waals surface area (Å²) in [4.78, 5) is 11.9. The van der Waals surface area contributed by atoms with E-state index in [0.717, 1.165) is 30.8 Å². The molecule has 1 amide bonds. The molecule has 20 heavy (non-hydrogen) atoms. The molecule has 2 atom stereocenters. The van der Waals surface area contributed by atoms with Gasteiger partial charge in [-0.2, -0.15) is 0 Å². The number of hydrogen-bond acceptors (Lipinski definition) is 5. The third-order valence-corrected chi connectivity index (χ3v) is 4.46. The third kappa shape index (κ3) is 3.96. The van der Waals surface area contributed by atoms with E-state index < -0.39 is 6.10 Å². The van der Waals surface area contributed by atoms with Crippen molar-refractivity contribution in [1.82, 2.24) is 20.1 Å². The summed E-state index contributed by atoms with van der Waals surface area (Å²) in [5, 5.41) is 21.4. The van der Waals surface area contributed by atoms with E-state index in [1.807, 2.05) is 18.4 Å². The van der Waals surface area contributed by atoms with E-state index in [1.165, 1.54) is 11.8 Å². The van der Waals surface area contributed by atoms with Crippen LogP contribution in [0.1, 0.15) is 45.6 Å². The van der Waals surface area contributed by atoms with Gasteiger partial charge in [-0.3, -0.25) is 4.79 Å². The topological polar surface area (TPSA) is 80.0 Å². The number of amides is 1. The second-order valence-corrected chi connectivity index (χ2v) is 6.37. The first-order valence-corrected chi connectivity index (χ1v) is 8.06. The van der Waals surface area contributed by atoms with Crippen molar-refractivity contribution in [2.24, 2.45) is 0 Å². The van der Waals surface area contributed by atoms with Gasteiger partial charge in [0.25, 0.3) is 0 Å². The van der Waals surface area contributed by atoms with Gasteiger partial charge in [-0.05, 0) is 26.7 Å². The second kappa shape index (κ2) is 7.08. The van der Waals surface area contributed by atoms with Gasteiger partial charge >= 0.3 is 0 Å². The summed E-state index contributed by atoms with van der Waals surface area (Å²) in [6.07, 6.45) is 5.02. The van der Waals surface area contributed by atoms with Crippen molar-refractivity contribution in [1.29, 1.82) is 0 Å². The number of carbonyl (C=O) groups is 1. The number of nitrogens with zero attached hydrogens (tertiary/aromatic N) is 3. The number of aromatic nitrogens is 3. The predicted octanol–water partition coefficient (Wildman–Crippen LogP) is 1.37. The maximum absolute atomic E-state index is 11.9. The molecule has 1 saturated carbocycles. The van der Waals surface area contributed by atoms with Crippen molar-refractivity contribution in [3.8, 4) is 0 Å². The Morgan fingerprint density at radius 1 is 1.55 bits per heavy atom. The highest BCUT2D eigenvalue weighted by molar-refractivity contribution is 7.99. The zero-order valence-electron chi connectivity index (χ0n) is 12.0. The van der Waals surface area contributed by atoms with Gasteiger partial charge in [0.15, 0.2) is 5.16 Å². The summed E-state index contributed by atoms with van der Waals surface area (Å²) < 4.78 is 1.94. The minimum atomic E-state index is -0.406. The number of aliphatic hydroxyl groups excluding tert-OH is 1. The Balaban J connectivity index is 1.81. The van der Waals surface area contributed by atoms with Crippen LogP contribution in [0.4, 0.5) is 0 Å². The summed E-state index contributed by atoms with van der Waals surface area (Å²) >= 11 is 1.38. The first-order chi connectivity index (χ1) is 9.58. The molecule has 2 unspecified atom stereocenters. The van der Waals surface area contributed by atoms with E-state index in [1.54, 1.807) is 6.33 Å². The van der Waals surface area contributed by atoms with Crippen LogP contribution in [0.2, 0.25) is 0 Å². The minimum absolute atomic E-state index is 0.0562. The van der Waals surface area contributed by atoms with Gasteiger partial charge in [0.2, 0.25) is 5.91 Å². The van der Waals surface area contributed by atoms with Crippen molar-refractivity contribution in [3.05, 3.63) is 6.33 Å². The van der Waals surface area contributed by atoms with E-state index >= 15 is 0 Å². The summed E-state index contributed by atoms with van der Waals surface area (Å²) in [7, 11) is 0. The van der Waals surface area contributed by atoms with Gasteiger partial charge in [-0.1, -0.05) is 24.6 Å². The molecule has 7 heteroatoms. The van der Waals surface area contributed by atoms with Gasteiger partial charge in [0, 0.05) is 6.04 Å². The van der Waals surface area contributed by atoms with Crippen LogP contribution in [-0.4, -0.2) is 43.7 Å². The lowest BCUT2D eigenvalue weighted by Crippen LogP contribution is -2.45. The molecule has 0 aliphatic heterocycles. The van der Waals surface area contributed by atoms with Crippen LogP contribution in [0.3, 0.4) is 0 Å². The second-order valence-electron chi connectivity index (χ2n) is 5.43. The van der Waals surface area contributed by atoms with Crippen LogP contribution in [0.15, 0.2) is 11.5 Å². The molecule has 112 valence electrons. The summed E-state index contributed by atoms with van der Waals surface area (Å²) in [5.41, 5.74) is 0. The third-order valence-electron chi connectivity index (χ3n) is 3.50. The van der Waals surface area contributed by atoms with E-state index in [2.05, 4.69) is 15.5 Å². The van der Waals surface area contributed by atoms with Crippen LogP contribution in [0.25, 0.3) is 0 Å². The molecule has 2 rings (SSSR count). The van der Waals surface area contributed by atoms with Crippen molar-refractivity contribution in [2.45, 2.75) is 62.9 Å². The molecule has 2 N–H and O–H groups in total. The average Bonchev–Trinajstić information content (AvgIpc) is 2.88. The first kappa shape index (κ1) is 15.3. The van der Waals surface area contributed by atoms with Crippen molar-refractivity contribution in [3.63, 3.8) is 0 Å². The average molecular weight is 298 g/mol. The standard InChI is InChI=1S/C13H22N4O2S/c1-9(2)17-8-14-16-13(17)20-7-12(19)15-10-5-3-4-6-11(10)18/h8-11,18H,3-7H2,1-2H3,(H,15,19). The van der Waals surface area contributed by atoms with Gasteiger partial charge in [0.1, 0.15) is 6.33 Å². The monoisotopic (exact) mass is 298 g/mol. The van der Waals surface area contributed by atoms with Crippen molar-refractivity contribution >= 4 is 17.7 Å². The lowest BCUT2D eigenvalue weighted by Gasteiger charge is -2.28. The molecule has 1 aromatic rings. The largest absolute Gasteiger partial charge is 0.391 e. The predicted molar refractivity (Wildman–Crippen MR) is 77.5 cm³/mol. The first-order valence-electron chi connectivity index (χ1n) is 7.07. The summed E-state index contributed by atoms with van der Waals surface area (Å²) in [5.74, 6) is 0.244. The molecule has 0 radical (unpaired) electrons. The Labute approximate surface area is 123 Å². The van der Waals surface area contributed by atoms with E-state index in [-0.39, 0.29) is 18.0 Å². The Hall–Kier alpha value is -1.08. The van der Waals surface area contributed by atoms with E-state index in [9.17, 15) is 9.90 Å². The highest BCUT2D eigenvalue weighted by Crippen LogP contribution is 2.20. The van der Waals surface area contributed by atoms with Gasteiger partial charge in [-0.25, -0.2) is 0 Å². The Bertz CT molecular complexity index is 449. The lowest BCUT2D eigenvalue weighted by molar-refractivity contribution is -0.120. The van der Waals surface area contributed by atoms with Crippen LogP contribution in [0, 0.1) is 0 Å². The smallest absolute Gasteiger partial charge is 0.230 e. The maximum Gasteiger partial charge on any atom is 0.230 e. The summed E-state index contributed by atoms with van der Waals surface area (Å²) in [6, 6.07) is 0.176. The van der Waals surface area contributed by atoms with Gasteiger partial charge in [0.05, 0.1) is 17.9 Å². The number of aliphatic hydroxyl groups is 1. The normalized spacial score (nSPS) is 23.0. The number of thioether (sulfide) groups is 1. The SMILES string of the molecule is CC(C)n1cnnc1SCC(=O)NC1CCCCC1O. The Morgan fingerprint density at radius 2 is 2.30 bits per heavy atom. The fourth-order valence-corrected chi connectivity index (χ4v) is 3.20. The fraction of sp³-hybridized carbons (Fsp3) is 0.769. The van der Waals surface area contributed by atoms with Crippen LogP contribution < -0.4 is 5.32 Å². The molecule has 1 aliphatic rings. The molecule has 1 aliphatic carbocycles. The highest BCUT2D eigenvalue weighted by Gasteiger charge is 2.24. The van der Waals surface area contributed by atoms with Gasteiger partial charge in [-0.15, -0.1) is 10.2 Å². The van der Waals surface area contributed by atoms with Crippen molar-refractivity contribution in [2.75, 3.05) is 5.75 Å². The van der Waals surface area contributed by atoms with Crippen LogP contribution in [-0.2, 0) is 4.79 Å². The molecule has 0 bridgehead atoms. The number of nitrogens with one attached hydrogen (secondary N) is 1. The maximum atomic E-state index is 11.9. The summed E-state index contributed by atoms with van der Waals surface area (Å²) in [6.45, 7) is 4.09. The number of hydrogen-bond donors (Lipinski definition) is 2. The lowest BCUT2D eigenvalue weighted by atomic mass is 9.93. The molecular weight excluding hydrogens is 276 g/mol. The highest BCUT2D eigenvalue weighted by atomic mass is 32.2. The van der Waals surface area contributed by atoms with Crippen LogP contribution in [0.5, 0.6) is 0 Å². The quantitative estimate of drug-likeness (QED) is 0.803. The molecule has 1 fully saturated rings. The van der Waals surface area contributed by atoms with E-state index in [0.29, 0.717) is 5.75 Å². The molecular formula is C13H22N4O2S. The fourth-order valence-electron chi connectivity index (χ4n) is 2.35. The van der Waals surface area contributed by atoms with E-state index in [4.69, 9.17) is 0 Å². The zero-order valence-corrected chi connectivity index (χ0v) is 12.8. The molecule has 1 heterocycles. The zero-order chi connectivity index (χ0) is 14.5. The molecule has 0 aromatic carbocycles. The van der Waals surface area contributed by atoms with Crippen LogP contribution >= 0.6 is 11.8 Å². The van der Waals surface area contributed by atoms with Crippen molar-refractivity contribution < 1.29 is 9.90 Å². The van der Waals surface area contributed by atoms with Gasteiger partial charge < -0.3 is 15.0 Å².